The lowest BCUT2D eigenvalue weighted by Gasteiger charge is -2.48. The highest BCUT2D eigenvalue weighted by Gasteiger charge is 2.45. The molecule has 1 aromatic carbocycles. The van der Waals surface area contributed by atoms with Crippen LogP contribution in [0.5, 0.6) is 0 Å². The lowest BCUT2D eigenvalue weighted by Crippen LogP contribution is -2.63. The van der Waals surface area contributed by atoms with Crippen molar-refractivity contribution in [1.82, 2.24) is 10.0 Å². The van der Waals surface area contributed by atoms with E-state index in [1.54, 1.807) is 24.3 Å². The number of urea groups is 1. The lowest BCUT2D eigenvalue weighted by molar-refractivity contribution is -0.0790. The quantitative estimate of drug-likeness (QED) is 0.673. The van der Waals surface area contributed by atoms with E-state index < -0.39 is 17.7 Å². The number of hydrogen-bond donors (Lipinski definition) is 1. The Kier molecular flexibility index (Phi) is 6.81. The largest absolute Gasteiger partial charge is 0.496 e. The standard InChI is InChI=1S/C22H30ClN3O4/c1-5-7-17-14-19-18(8-6-13-29-19)26(25(17)21(28)30-22(2,3)4)20(27)24-16-11-9-15(23)10-12-16/h9-12,14,17-18H,5-8,13H2,1-4H3,(H,24,27)/t17-,18+/m0/s1. The van der Waals surface area contributed by atoms with Gasteiger partial charge in [0.1, 0.15) is 17.4 Å². The van der Waals surface area contributed by atoms with Crippen LogP contribution in [0, 0.1) is 0 Å². The zero-order valence-corrected chi connectivity index (χ0v) is 18.7. The Morgan fingerprint density at radius 2 is 1.93 bits per heavy atom. The number of hydrazine groups is 1. The molecule has 2 heterocycles. The molecule has 0 aliphatic carbocycles. The second kappa shape index (κ2) is 9.16. The zero-order valence-electron chi connectivity index (χ0n) is 18.0. The molecule has 30 heavy (non-hydrogen) atoms. The molecule has 1 N–H and O–H groups in total. The molecule has 1 fully saturated rings. The molecule has 2 aliphatic rings. The molecule has 3 amide bonds. The molecule has 2 aliphatic heterocycles. The molecule has 1 saturated heterocycles. The number of benzene rings is 1. The van der Waals surface area contributed by atoms with Crippen LogP contribution in [0.3, 0.4) is 0 Å². The van der Waals surface area contributed by atoms with Crippen LogP contribution in [0.2, 0.25) is 5.02 Å². The van der Waals surface area contributed by atoms with E-state index in [9.17, 15) is 9.59 Å². The van der Waals surface area contributed by atoms with Gasteiger partial charge in [-0.15, -0.1) is 0 Å². The maximum Gasteiger partial charge on any atom is 0.430 e. The Hall–Kier alpha value is -2.41. The Labute approximate surface area is 182 Å². The highest BCUT2D eigenvalue weighted by molar-refractivity contribution is 6.30. The van der Waals surface area contributed by atoms with Gasteiger partial charge < -0.3 is 14.8 Å². The minimum Gasteiger partial charge on any atom is -0.496 e. The number of hydrogen-bond acceptors (Lipinski definition) is 4. The van der Waals surface area contributed by atoms with Crippen LogP contribution >= 0.6 is 11.6 Å². The Morgan fingerprint density at radius 3 is 2.57 bits per heavy atom. The minimum atomic E-state index is -0.681. The Bertz CT molecular complexity index is 804. The monoisotopic (exact) mass is 435 g/mol. The normalized spacial score (nSPS) is 21.3. The fraction of sp³-hybridized carbons (Fsp3) is 0.545. The first-order valence-corrected chi connectivity index (χ1v) is 10.8. The summed E-state index contributed by atoms with van der Waals surface area (Å²) in [5.41, 5.74) is -0.0902. The van der Waals surface area contributed by atoms with Crippen molar-refractivity contribution >= 4 is 29.4 Å². The fourth-order valence-electron chi connectivity index (χ4n) is 3.66. The molecule has 0 aromatic heterocycles. The SMILES string of the molecule is CCC[C@H]1C=C2OCCC[C@H]2N(C(=O)Nc2ccc(Cl)cc2)N1C(=O)OC(C)(C)C. The number of halogens is 1. The Balaban J connectivity index is 1.96. The number of nitrogens with one attached hydrogen (secondary N) is 1. The number of amides is 3. The maximum absolute atomic E-state index is 13.4. The fourth-order valence-corrected chi connectivity index (χ4v) is 3.79. The molecule has 1 aromatic rings. The van der Waals surface area contributed by atoms with Gasteiger partial charge in [0.2, 0.25) is 0 Å². The van der Waals surface area contributed by atoms with Gasteiger partial charge >= 0.3 is 12.1 Å². The van der Waals surface area contributed by atoms with Crippen LogP contribution in [0.4, 0.5) is 15.3 Å². The van der Waals surface area contributed by atoms with Crippen molar-refractivity contribution in [2.75, 3.05) is 11.9 Å². The summed E-state index contributed by atoms with van der Waals surface area (Å²) in [7, 11) is 0. The second-order valence-corrected chi connectivity index (χ2v) is 8.97. The van der Waals surface area contributed by atoms with Crippen molar-refractivity contribution in [1.29, 1.82) is 0 Å². The molecular formula is C22H30ClN3O4. The molecule has 0 saturated carbocycles. The van der Waals surface area contributed by atoms with Crippen LogP contribution in [-0.2, 0) is 9.47 Å². The number of anilines is 1. The van der Waals surface area contributed by atoms with Crippen LogP contribution < -0.4 is 5.32 Å². The average molecular weight is 436 g/mol. The average Bonchev–Trinajstić information content (AvgIpc) is 2.67. The summed E-state index contributed by atoms with van der Waals surface area (Å²) in [4.78, 5) is 26.6. The lowest BCUT2D eigenvalue weighted by atomic mass is 9.99. The van der Waals surface area contributed by atoms with Crippen molar-refractivity contribution in [2.45, 2.75) is 71.1 Å². The maximum atomic E-state index is 13.4. The highest BCUT2D eigenvalue weighted by atomic mass is 35.5. The molecule has 0 radical (unpaired) electrons. The van der Waals surface area contributed by atoms with E-state index in [-0.39, 0.29) is 12.1 Å². The first kappa shape index (κ1) is 22.3. The molecule has 3 rings (SSSR count). The van der Waals surface area contributed by atoms with Gasteiger partial charge in [-0.3, -0.25) is 0 Å². The van der Waals surface area contributed by atoms with Crippen molar-refractivity contribution in [3.8, 4) is 0 Å². The number of carbonyl (C=O) groups excluding carboxylic acids is 2. The third-order valence-electron chi connectivity index (χ3n) is 4.89. The molecule has 0 spiro atoms. The van der Waals surface area contributed by atoms with E-state index in [4.69, 9.17) is 21.1 Å². The van der Waals surface area contributed by atoms with Crippen molar-refractivity contribution in [3.05, 3.63) is 41.1 Å². The van der Waals surface area contributed by atoms with E-state index in [0.29, 0.717) is 30.2 Å². The molecule has 0 unspecified atom stereocenters. The molecule has 0 bridgehead atoms. The van der Waals surface area contributed by atoms with Crippen molar-refractivity contribution in [2.24, 2.45) is 0 Å². The van der Waals surface area contributed by atoms with Crippen LogP contribution in [-0.4, -0.2) is 46.4 Å². The summed E-state index contributed by atoms with van der Waals surface area (Å²) in [6.45, 7) is 8.09. The topological polar surface area (TPSA) is 71.1 Å². The third-order valence-corrected chi connectivity index (χ3v) is 5.14. The Morgan fingerprint density at radius 1 is 1.23 bits per heavy atom. The van der Waals surface area contributed by atoms with Crippen LogP contribution in [0.1, 0.15) is 53.4 Å². The molecule has 2 atom stereocenters. The predicted molar refractivity (Wildman–Crippen MR) is 116 cm³/mol. The first-order valence-electron chi connectivity index (χ1n) is 10.4. The van der Waals surface area contributed by atoms with Gasteiger partial charge in [0.15, 0.2) is 0 Å². The van der Waals surface area contributed by atoms with Gasteiger partial charge in [0.25, 0.3) is 0 Å². The van der Waals surface area contributed by atoms with E-state index >= 15 is 0 Å². The van der Waals surface area contributed by atoms with E-state index in [1.165, 1.54) is 10.0 Å². The summed E-state index contributed by atoms with van der Waals surface area (Å²) in [5.74, 6) is 0.741. The number of fused-ring (bicyclic) bond motifs is 1. The molecule has 7 nitrogen and oxygen atoms in total. The molecular weight excluding hydrogens is 406 g/mol. The minimum absolute atomic E-state index is 0.329. The smallest absolute Gasteiger partial charge is 0.430 e. The number of carbonyl (C=O) groups is 2. The summed E-state index contributed by atoms with van der Waals surface area (Å²) in [6, 6.07) is 5.75. The van der Waals surface area contributed by atoms with E-state index in [1.807, 2.05) is 33.8 Å². The zero-order chi connectivity index (χ0) is 21.9. The molecule has 164 valence electrons. The molecule has 8 heteroatoms. The van der Waals surface area contributed by atoms with Crippen LogP contribution in [0.25, 0.3) is 0 Å². The second-order valence-electron chi connectivity index (χ2n) is 8.54. The summed E-state index contributed by atoms with van der Waals surface area (Å²) >= 11 is 5.95. The van der Waals surface area contributed by atoms with Gasteiger partial charge in [-0.2, -0.15) is 0 Å². The van der Waals surface area contributed by atoms with Crippen LogP contribution in [0.15, 0.2) is 36.1 Å². The van der Waals surface area contributed by atoms with E-state index in [0.717, 1.165) is 18.6 Å². The summed E-state index contributed by atoms with van der Waals surface area (Å²) in [6.07, 6.45) is 4.44. The van der Waals surface area contributed by atoms with Gasteiger partial charge in [0, 0.05) is 10.7 Å². The van der Waals surface area contributed by atoms with Crippen molar-refractivity contribution in [3.63, 3.8) is 0 Å². The third kappa shape index (κ3) is 5.19. The first-order chi connectivity index (χ1) is 14.2. The highest BCUT2D eigenvalue weighted by Crippen LogP contribution is 2.34. The number of nitrogens with zero attached hydrogens (tertiary/aromatic N) is 2. The number of ether oxygens (including phenoxy) is 2. The summed E-state index contributed by atoms with van der Waals surface area (Å²) in [5, 5.41) is 6.37. The predicted octanol–water partition coefficient (Wildman–Crippen LogP) is 5.57. The van der Waals surface area contributed by atoms with Gasteiger partial charge in [-0.1, -0.05) is 24.9 Å². The summed E-state index contributed by atoms with van der Waals surface area (Å²) < 4.78 is 11.5. The van der Waals surface area contributed by atoms with Gasteiger partial charge in [-0.25, -0.2) is 19.6 Å². The number of rotatable bonds is 3. The van der Waals surface area contributed by atoms with Gasteiger partial charge in [0.05, 0.1) is 12.6 Å². The van der Waals surface area contributed by atoms with Gasteiger partial charge in [-0.05, 0) is 70.4 Å². The van der Waals surface area contributed by atoms with Crippen molar-refractivity contribution < 1.29 is 19.1 Å². The van der Waals surface area contributed by atoms with E-state index in [2.05, 4.69) is 5.32 Å².